The lowest BCUT2D eigenvalue weighted by molar-refractivity contribution is -0.125. The summed E-state index contributed by atoms with van der Waals surface area (Å²) in [4.78, 5) is 12.2. The molecule has 1 aromatic rings. The summed E-state index contributed by atoms with van der Waals surface area (Å²) in [7, 11) is 0. The van der Waals surface area contributed by atoms with Crippen LogP contribution in [-0.2, 0) is 17.6 Å². The maximum absolute atomic E-state index is 12.2. The first-order valence-corrected chi connectivity index (χ1v) is 7.79. The zero-order chi connectivity index (χ0) is 13.0. The average molecular weight is 310 g/mol. The van der Waals surface area contributed by atoms with E-state index in [0.717, 1.165) is 31.0 Å². The third-order valence-electron chi connectivity index (χ3n) is 3.74. The van der Waals surface area contributed by atoms with Crippen molar-refractivity contribution in [3.05, 3.63) is 35.4 Å². The zero-order valence-electron chi connectivity index (χ0n) is 10.8. The Hall–Kier alpha value is -0.830. The highest BCUT2D eigenvalue weighted by Gasteiger charge is 2.25. The lowest BCUT2D eigenvalue weighted by Crippen LogP contribution is -2.41. The lowest BCUT2D eigenvalue weighted by atomic mass is 9.83. The zero-order valence-corrected chi connectivity index (χ0v) is 12.4. The number of aryl methyl sites for hydroxylation is 1. The highest BCUT2D eigenvalue weighted by Crippen LogP contribution is 2.25. The summed E-state index contributed by atoms with van der Waals surface area (Å²) in [5.74, 6) is 0.365. The minimum absolute atomic E-state index is 0.146. The van der Waals surface area contributed by atoms with Gasteiger partial charge in [0.1, 0.15) is 0 Å². The van der Waals surface area contributed by atoms with E-state index >= 15 is 0 Å². The van der Waals surface area contributed by atoms with Crippen LogP contribution in [0.5, 0.6) is 0 Å². The first kappa shape index (κ1) is 13.6. The van der Waals surface area contributed by atoms with Crippen molar-refractivity contribution < 1.29 is 4.79 Å². The number of carbonyl (C=O) groups excluding carboxylic acids is 1. The molecule has 0 saturated carbocycles. The third-order valence-corrected chi connectivity index (χ3v) is 4.52. The van der Waals surface area contributed by atoms with Crippen LogP contribution in [0.15, 0.2) is 24.3 Å². The summed E-state index contributed by atoms with van der Waals surface area (Å²) in [6.07, 6.45) is 3.86. The van der Waals surface area contributed by atoms with Crippen molar-refractivity contribution in [2.24, 2.45) is 5.92 Å². The van der Waals surface area contributed by atoms with Gasteiger partial charge in [-0.3, -0.25) is 4.79 Å². The molecule has 0 saturated heterocycles. The van der Waals surface area contributed by atoms with Crippen molar-refractivity contribution in [2.75, 3.05) is 5.33 Å². The number of rotatable bonds is 4. The van der Waals surface area contributed by atoms with E-state index in [1.54, 1.807) is 0 Å². The quantitative estimate of drug-likeness (QED) is 0.851. The Morgan fingerprint density at radius 2 is 2.17 bits per heavy atom. The van der Waals surface area contributed by atoms with Gasteiger partial charge in [0, 0.05) is 17.3 Å². The predicted octanol–water partition coefficient (Wildman–Crippen LogP) is 3.08. The molecule has 0 fully saturated rings. The van der Waals surface area contributed by atoms with E-state index in [1.807, 2.05) is 0 Å². The number of fused-ring (bicyclic) bond motifs is 1. The maximum Gasteiger partial charge on any atom is 0.223 e. The second-order valence-electron chi connectivity index (χ2n) is 4.98. The number of alkyl halides is 1. The van der Waals surface area contributed by atoms with Gasteiger partial charge in [-0.05, 0) is 36.8 Å². The van der Waals surface area contributed by atoms with Crippen molar-refractivity contribution in [1.29, 1.82) is 0 Å². The van der Waals surface area contributed by atoms with Gasteiger partial charge in [-0.25, -0.2) is 0 Å². The lowest BCUT2D eigenvalue weighted by Gasteiger charge is -2.25. The third kappa shape index (κ3) is 3.14. The molecule has 0 aliphatic heterocycles. The summed E-state index contributed by atoms with van der Waals surface area (Å²) in [5.41, 5.74) is 2.75. The smallest absolute Gasteiger partial charge is 0.223 e. The topological polar surface area (TPSA) is 29.1 Å². The molecule has 1 aromatic carbocycles. The molecule has 2 unspecified atom stereocenters. The molecule has 1 amide bonds. The molecular formula is C15H20BrNO. The minimum atomic E-state index is 0.146. The number of halogens is 1. The Morgan fingerprint density at radius 3 is 2.83 bits per heavy atom. The molecular weight excluding hydrogens is 290 g/mol. The Labute approximate surface area is 117 Å². The van der Waals surface area contributed by atoms with Gasteiger partial charge < -0.3 is 5.32 Å². The van der Waals surface area contributed by atoms with Crippen LogP contribution < -0.4 is 5.32 Å². The number of carbonyl (C=O) groups is 1. The molecule has 2 atom stereocenters. The number of hydrogen-bond donors (Lipinski definition) is 1. The van der Waals surface area contributed by atoms with Gasteiger partial charge in [-0.15, -0.1) is 0 Å². The summed E-state index contributed by atoms with van der Waals surface area (Å²) >= 11 is 3.44. The highest BCUT2D eigenvalue weighted by molar-refractivity contribution is 9.09. The Bertz CT molecular complexity index is 415. The molecule has 0 radical (unpaired) electrons. The van der Waals surface area contributed by atoms with E-state index in [2.05, 4.69) is 52.4 Å². The number of hydrogen-bond acceptors (Lipinski definition) is 1. The number of nitrogens with one attached hydrogen (secondary N) is 1. The monoisotopic (exact) mass is 309 g/mol. The van der Waals surface area contributed by atoms with Gasteiger partial charge in [-0.2, -0.15) is 0 Å². The van der Waals surface area contributed by atoms with E-state index in [-0.39, 0.29) is 17.9 Å². The summed E-state index contributed by atoms with van der Waals surface area (Å²) < 4.78 is 0. The van der Waals surface area contributed by atoms with E-state index in [4.69, 9.17) is 0 Å². The van der Waals surface area contributed by atoms with Gasteiger partial charge >= 0.3 is 0 Å². The van der Waals surface area contributed by atoms with Crippen LogP contribution in [0.4, 0.5) is 0 Å². The van der Waals surface area contributed by atoms with Gasteiger partial charge in [-0.1, -0.05) is 47.1 Å². The molecule has 98 valence electrons. The van der Waals surface area contributed by atoms with Gasteiger partial charge in [0.2, 0.25) is 5.91 Å². The molecule has 3 heteroatoms. The van der Waals surface area contributed by atoms with Crippen LogP contribution in [0.3, 0.4) is 0 Å². The van der Waals surface area contributed by atoms with Crippen LogP contribution in [0.25, 0.3) is 0 Å². The highest BCUT2D eigenvalue weighted by atomic mass is 79.9. The molecule has 0 heterocycles. The fraction of sp³-hybridized carbons (Fsp3) is 0.533. The molecule has 2 rings (SSSR count). The first-order valence-electron chi connectivity index (χ1n) is 6.67. The van der Waals surface area contributed by atoms with Crippen molar-refractivity contribution in [3.8, 4) is 0 Å². The standard InChI is InChI=1S/C15H20BrNO/c1-2-14(10-16)17-15(18)13-8-7-11-5-3-4-6-12(11)9-13/h3-6,13-14H,2,7-10H2,1H3,(H,17,18). The number of benzene rings is 1. The van der Waals surface area contributed by atoms with E-state index < -0.39 is 0 Å². The minimum Gasteiger partial charge on any atom is -0.352 e. The molecule has 0 aromatic heterocycles. The van der Waals surface area contributed by atoms with E-state index in [0.29, 0.717) is 0 Å². The summed E-state index contributed by atoms with van der Waals surface area (Å²) in [6, 6.07) is 8.73. The Kier molecular flexibility index (Phi) is 4.81. The maximum atomic E-state index is 12.2. The fourth-order valence-corrected chi connectivity index (χ4v) is 3.11. The van der Waals surface area contributed by atoms with Crippen molar-refractivity contribution >= 4 is 21.8 Å². The van der Waals surface area contributed by atoms with Crippen LogP contribution in [0.2, 0.25) is 0 Å². The van der Waals surface area contributed by atoms with Crippen molar-refractivity contribution in [3.63, 3.8) is 0 Å². The molecule has 1 N–H and O–H groups in total. The van der Waals surface area contributed by atoms with Crippen LogP contribution in [0, 0.1) is 5.92 Å². The van der Waals surface area contributed by atoms with E-state index in [9.17, 15) is 4.79 Å². The molecule has 18 heavy (non-hydrogen) atoms. The average Bonchev–Trinajstić information content (AvgIpc) is 2.44. The number of amides is 1. The predicted molar refractivity (Wildman–Crippen MR) is 78.0 cm³/mol. The second kappa shape index (κ2) is 6.37. The fourth-order valence-electron chi connectivity index (χ4n) is 2.49. The van der Waals surface area contributed by atoms with Gasteiger partial charge in [0.25, 0.3) is 0 Å². The molecule has 1 aliphatic carbocycles. The van der Waals surface area contributed by atoms with Gasteiger partial charge in [0.15, 0.2) is 0 Å². The first-order chi connectivity index (χ1) is 8.74. The Morgan fingerprint density at radius 1 is 1.44 bits per heavy atom. The second-order valence-corrected chi connectivity index (χ2v) is 5.62. The van der Waals surface area contributed by atoms with Crippen molar-refractivity contribution in [2.45, 2.75) is 38.6 Å². The SMILES string of the molecule is CCC(CBr)NC(=O)C1CCc2ccccc2C1. The van der Waals surface area contributed by atoms with Crippen LogP contribution in [-0.4, -0.2) is 17.3 Å². The normalized spacial score (nSPS) is 20.0. The molecule has 0 bridgehead atoms. The molecule has 2 nitrogen and oxygen atoms in total. The van der Waals surface area contributed by atoms with E-state index in [1.165, 1.54) is 11.1 Å². The Balaban J connectivity index is 1.98. The molecule has 1 aliphatic rings. The molecule has 0 spiro atoms. The largest absolute Gasteiger partial charge is 0.352 e. The summed E-state index contributed by atoms with van der Waals surface area (Å²) in [6.45, 7) is 2.10. The van der Waals surface area contributed by atoms with Crippen LogP contribution in [0.1, 0.15) is 30.9 Å². The summed E-state index contributed by atoms with van der Waals surface area (Å²) in [5, 5.41) is 3.96. The van der Waals surface area contributed by atoms with Crippen LogP contribution >= 0.6 is 15.9 Å². The van der Waals surface area contributed by atoms with Gasteiger partial charge in [0.05, 0.1) is 0 Å². The van der Waals surface area contributed by atoms with Crippen molar-refractivity contribution in [1.82, 2.24) is 5.32 Å².